The SMILES string of the molecule is CC(C)(F)c1ccc2c(c1)CCNCC2. The van der Waals surface area contributed by atoms with Gasteiger partial charge in [-0.1, -0.05) is 18.2 Å². The second-order valence-electron chi connectivity index (χ2n) is 4.71. The van der Waals surface area contributed by atoms with E-state index < -0.39 is 5.67 Å². The molecule has 1 aliphatic rings. The van der Waals surface area contributed by atoms with Gasteiger partial charge in [-0.3, -0.25) is 0 Å². The van der Waals surface area contributed by atoms with E-state index in [4.69, 9.17) is 0 Å². The summed E-state index contributed by atoms with van der Waals surface area (Å²) in [5.41, 5.74) is 2.24. The van der Waals surface area contributed by atoms with Crippen molar-refractivity contribution in [2.75, 3.05) is 13.1 Å². The number of halogens is 1. The molecular weight excluding hydrogens is 189 g/mol. The molecule has 0 aromatic heterocycles. The van der Waals surface area contributed by atoms with Crippen molar-refractivity contribution >= 4 is 0 Å². The van der Waals surface area contributed by atoms with E-state index in [0.717, 1.165) is 31.5 Å². The molecule has 2 heteroatoms. The molecule has 1 nitrogen and oxygen atoms in total. The maximum atomic E-state index is 13.8. The van der Waals surface area contributed by atoms with Crippen LogP contribution in [-0.4, -0.2) is 13.1 Å². The Morgan fingerprint density at radius 2 is 1.80 bits per heavy atom. The van der Waals surface area contributed by atoms with Crippen LogP contribution < -0.4 is 5.32 Å². The molecule has 0 saturated carbocycles. The predicted molar refractivity (Wildman–Crippen MR) is 60.9 cm³/mol. The number of rotatable bonds is 1. The van der Waals surface area contributed by atoms with Crippen molar-refractivity contribution in [3.63, 3.8) is 0 Å². The number of hydrogen-bond acceptors (Lipinski definition) is 1. The summed E-state index contributed by atoms with van der Waals surface area (Å²) in [6.07, 6.45) is 2.07. The summed E-state index contributed by atoms with van der Waals surface area (Å²) >= 11 is 0. The molecule has 0 fully saturated rings. The van der Waals surface area contributed by atoms with Crippen LogP contribution in [0.25, 0.3) is 0 Å². The van der Waals surface area contributed by atoms with Crippen LogP contribution in [0.4, 0.5) is 4.39 Å². The lowest BCUT2D eigenvalue weighted by Gasteiger charge is -2.17. The first-order valence-electron chi connectivity index (χ1n) is 5.59. The number of alkyl halides is 1. The van der Waals surface area contributed by atoms with Gasteiger partial charge in [0, 0.05) is 0 Å². The fourth-order valence-electron chi connectivity index (χ4n) is 2.04. The van der Waals surface area contributed by atoms with E-state index in [1.54, 1.807) is 13.8 Å². The molecule has 0 spiro atoms. The van der Waals surface area contributed by atoms with Crippen LogP contribution in [0, 0.1) is 0 Å². The van der Waals surface area contributed by atoms with Crippen molar-refractivity contribution in [3.8, 4) is 0 Å². The standard InChI is InChI=1S/C13H18FN/c1-13(2,14)12-4-3-10-5-7-15-8-6-11(10)9-12/h3-4,9,15H,5-8H2,1-2H3. The van der Waals surface area contributed by atoms with E-state index in [2.05, 4.69) is 11.4 Å². The van der Waals surface area contributed by atoms with Crippen molar-refractivity contribution in [2.24, 2.45) is 0 Å². The van der Waals surface area contributed by atoms with Gasteiger partial charge in [-0.15, -0.1) is 0 Å². The average molecular weight is 207 g/mol. The number of benzene rings is 1. The molecule has 1 N–H and O–H groups in total. The van der Waals surface area contributed by atoms with Gasteiger partial charge in [0.1, 0.15) is 5.67 Å². The molecule has 0 aliphatic carbocycles. The van der Waals surface area contributed by atoms with Crippen molar-refractivity contribution in [1.29, 1.82) is 0 Å². The molecule has 1 aliphatic heterocycles. The highest BCUT2D eigenvalue weighted by Crippen LogP contribution is 2.27. The maximum absolute atomic E-state index is 13.8. The summed E-state index contributed by atoms with van der Waals surface area (Å²) in [5.74, 6) is 0. The fourth-order valence-corrected chi connectivity index (χ4v) is 2.04. The molecule has 82 valence electrons. The lowest BCUT2D eigenvalue weighted by molar-refractivity contribution is 0.221. The Hall–Kier alpha value is -0.890. The van der Waals surface area contributed by atoms with Gasteiger partial charge in [0.05, 0.1) is 0 Å². The lowest BCUT2D eigenvalue weighted by atomic mass is 9.93. The minimum Gasteiger partial charge on any atom is -0.316 e. The van der Waals surface area contributed by atoms with Gasteiger partial charge in [-0.25, -0.2) is 4.39 Å². The summed E-state index contributed by atoms with van der Waals surface area (Å²) in [7, 11) is 0. The maximum Gasteiger partial charge on any atom is 0.130 e. The minimum atomic E-state index is -1.23. The van der Waals surface area contributed by atoms with Crippen LogP contribution in [0.2, 0.25) is 0 Å². The van der Waals surface area contributed by atoms with Gasteiger partial charge in [0.15, 0.2) is 0 Å². The van der Waals surface area contributed by atoms with E-state index in [1.807, 2.05) is 12.1 Å². The quantitative estimate of drug-likeness (QED) is 0.746. The third kappa shape index (κ3) is 2.37. The van der Waals surface area contributed by atoms with Crippen LogP contribution in [0.5, 0.6) is 0 Å². The van der Waals surface area contributed by atoms with Gasteiger partial charge >= 0.3 is 0 Å². The predicted octanol–water partition coefficient (Wildman–Crippen LogP) is 2.58. The van der Waals surface area contributed by atoms with E-state index in [1.165, 1.54) is 11.1 Å². The van der Waals surface area contributed by atoms with Crippen molar-refractivity contribution in [2.45, 2.75) is 32.4 Å². The van der Waals surface area contributed by atoms with Gasteiger partial charge < -0.3 is 5.32 Å². The average Bonchev–Trinajstić information content (AvgIpc) is 2.39. The van der Waals surface area contributed by atoms with E-state index in [-0.39, 0.29) is 0 Å². The van der Waals surface area contributed by atoms with Gasteiger partial charge in [0.2, 0.25) is 0 Å². The van der Waals surface area contributed by atoms with Crippen LogP contribution in [0.1, 0.15) is 30.5 Å². The second-order valence-corrected chi connectivity index (χ2v) is 4.71. The first kappa shape index (κ1) is 10.6. The molecular formula is C13H18FN. The molecule has 1 aromatic rings. The number of hydrogen-bond donors (Lipinski definition) is 1. The Kier molecular flexibility index (Phi) is 2.79. The third-order valence-corrected chi connectivity index (χ3v) is 3.03. The fraction of sp³-hybridized carbons (Fsp3) is 0.538. The number of nitrogens with one attached hydrogen (secondary N) is 1. The largest absolute Gasteiger partial charge is 0.316 e. The van der Waals surface area contributed by atoms with E-state index >= 15 is 0 Å². The zero-order valence-corrected chi connectivity index (χ0v) is 9.44. The van der Waals surface area contributed by atoms with Crippen molar-refractivity contribution in [3.05, 3.63) is 34.9 Å². The lowest BCUT2D eigenvalue weighted by Crippen LogP contribution is -2.16. The topological polar surface area (TPSA) is 12.0 Å². The van der Waals surface area contributed by atoms with Crippen LogP contribution >= 0.6 is 0 Å². The van der Waals surface area contributed by atoms with Crippen LogP contribution in [0.15, 0.2) is 18.2 Å². The molecule has 0 saturated heterocycles. The summed E-state index contributed by atoms with van der Waals surface area (Å²) < 4.78 is 13.8. The Balaban J connectivity index is 2.36. The van der Waals surface area contributed by atoms with E-state index in [9.17, 15) is 4.39 Å². The molecule has 0 bridgehead atoms. The van der Waals surface area contributed by atoms with Gasteiger partial charge in [-0.2, -0.15) is 0 Å². The smallest absolute Gasteiger partial charge is 0.130 e. The first-order valence-corrected chi connectivity index (χ1v) is 5.59. The Labute approximate surface area is 90.7 Å². The normalized spacial score (nSPS) is 17.0. The van der Waals surface area contributed by atoms with Gasteiger partial charge in [0.25, 0.3) is 0 Å². The second kappa shape index (κ2) is 3.93. The van der Waals surface area contributed by atoms with Crippen LogP contribution in [-0.2, 0) is 18.5 Å². The highest BCUT2D eigenvalue weighted by molar-refractivity contribution is 5.35. The first-order chi connectivity index (χ1) is 7.07. The highest BCUT2D eigenvalue weighted by atomic mass is 19.1. The third-order valence-electron chi connectivity index (χ3n) is 3.03. The summed E-state index contributed by atoms with van der Waals surface area (Å²) in [6, 6.07) is 6.03. The molecule has 0 atom stereocenters. The summed E-state index contributed by atoms with van der Waals surface area (Å²) in [5, 5.41) is 3.36. The molecule has 0 radical (unpaired) electrons. The van der Waals surface area contributed by atoms with Crippen molar-refractivity contribution < 1.29 is 4.39 Å². The van der Waals surface area contributed by atoms with Gasteiger partial charge in [-0.05, 0) is 56.5 Å². The Bertz CT molecular complexity index is 352. The van der Waals surface area contributed by atoms with Crippen molar-refractivity contribution in [1.82, 2.24) is 5.32 Å². The molecule has 1 aromatic carbocycles. The molecule has 1 heterocycles. The molecule has 15 heavy (non-hydrogen) atoms. The highest BCUT2D eigenvalue weighted by Gasteiger charge is 2.20. The summed E-state index contributed by atoms with van der Waals surface area (Å²) in [4.78, 5) is 0. The Morgan fingerprint density at radius 1 is 1.13 bits per heavy atom. The zero-order valence-electron chi connectivity index (χ0n) is 9.44. The zero-order chi connectivity index (χ0) is 10.9. The minimum absolute atomic E-state index is 0.795. The number of fused-ring (bicyclic) bond motifs is 1. The molecule has 0 amide bonds. The monoisotopic (exact) mass is 207 g/mol. The summed E-state index contributed by atoms with van der Waals surface area (Å²) in [6.45, 7) is 5.27. The molecule has 2 rings (SSSR count). The Morgan fingerprint density at radius 3 is 2.47 bits per heavy atom. The molecule has 0 unspecified atom stereocenters. The van der Waals surface area contributed by atoms with Crippen LogP contribution in [0.3, 0.4) is 0 Å². The van der Waals surface area contributed by atoms with E-state index in [0.29, 0.717) is 0 Å².